The molecule has 1 aliphatic heterocycles. The van der Waals surface area contributed by atoms with Crippen molar-refractivity contribution in [3.8, 4) is 5.75 Å². The van der Waals surface area contributed by atoms with E-state index in [0.717, 1.165) is 56.2 Å². The van der Waals surface area contributed by atoms with Crippen LogP contribution < -0.4 is 4.74 Å². The molecule has 2 aliphatic rings. The van der Waals surface area contributed by atoms with E-state index in [1.165, 1.54) is 29.7 Å². The third-order valence-electron chi connectivity index (χ3n) is 9.29. The first kappa shape index (κ1) is 30.2. The lowest BCUT2D eigenvalue weighted by Gasteiger charge is -2.39. The minimum atomic E-state index is 0.181. The second-order valence-electron chi connectivity index (χ2n) is 12.0. The van der Waals surface area contributed by atoms with Crippen LogP contribution in [0.25, 0.3) is 0 Å². The molecule has 1 fully saturated rings. The van der Waals surface area contributed by atoms with Crippen LogP contribution >= 0.6 is 0 Å². The van der Waals surface area contributed by atoms with Gasteiger partial charge in [0.15, 0.2) is 0 Å². The average Bonchev–Trinajstić information content (AvgIpc) is 3.67. The van der Waals surface area contributed by atoms with E-state index < -0.39 is 0 Å². The van der Waals surface area contributed by atoms with Crippen LogP contribution in [0, 0.1) is 0 Å². The predicted molar refractivity (Wildman–Crippen MR) is 171 cm³/mol. The first-order valence-corrected chi connectivity index (χ1v) is 15.5. The normalized spacial score (nSPS) is 20.7. The molecule has 1 aliphatic carbocycles. The van der Waals surface area contributed by atoms with Crippen molar-refractivity contribution >= 4 is 0 Å². The van der Waals surface area contributed by atoms with E-state index in [0.29, 0.717) is 6.04 Å². The molecule has 7 heteroatoms. The Morgan fingerprint density at radius 1 is 1.14 bits per heavy atom. The van der Waals surface area contributed by atoms with Gasteiger partial charge in [-0.15, -0.1) is 0 Å². The zero-order chi connectivity index (χ0) is 29.6. The molecule has 5 rings (SSSR count). The molecule has 4 atom stereocenters. The van der Waals surface area contributed by atoms with E-state index >= 15 is 0 Å². The Labute approximate surface area is 252 Å². The van der Waals surface area contributed by atoms with Gasteiger partial charge in [0.05, 0.1) is 30.7 Å². The van der Waals surface area contributed by atoms with E-state index in [4.69, 9.17) is 14.7 Å². The van der Waals surface area contributed by atoms with Crippen molar-refractivity contribution in [3.05, 3.63) is 102 Å². The molecule has 0 amide bonds. The second kappa shape index (κ2) is 13.8. The van der Waals surface area contributed by atoms with Crippen molar-refractivity contribution in [1.82, 2.24) is 29.2 Å². The number of imidazole rings is 1. The number of aromatic nitrogens is 3. The summed E-state index contributed by atoms with van der Waals surface area (Å²) in [6.45, 7) is 11.4. The average molecular weight is 569 g/mol. The minimum Gasteiger partial charge on any atom is -0.497 e. The third-order valence-corrected chi connectivity index (χ3v) is 9.29. The first-order valence-electron chi connectivity index (χ1n) is 15.5. The molecule has 0 N–H and O–H groups in total. The molecule has 0 spiro atoms. The smallest absolute Gasteiger partial charge is 0.118 e. The number of allylic oxidation sites excluding steroid dienone is 3. The second-order valence-corrected chi connectivity index (χ2v) is 12.0. The Kier molecular flexibility index (Phi) is 9.93. The van der Waals surface area contributed by atoms with Gasteiger partial charge < -0.3 is 14.2 Å². The maximum Gasteiger partial charge on any atom is 0.118 e. The van der Waals surface area contributed by atoms with Crippen LogP contribution in [-0.4, -0.2) is 69.6 Å². The summed E-state index contributed by atoms with van der Waals surface area (Å²) in [5, 5.41) is 0. The molecule has 224 valence electrons. The summed E-state index contributed by atoms with van der Waals surface area (Å²) in [6.07, 6.45) is 15.9. The van der Waals surface area contributed by atoms with E-state index in [-0.39, 0.29) is 18.2 Å². The summed E-state index contributed by atoms with van der Waals surface area (Å²) in [4.78, 5) is 17.8. The van der Waals surface area contributed by atoms with Gasteiger partial charge in [0.2, 0.25) is 0 Å². The largest absolute Gasteiger partial charge is 0.497 e. The molecular formula is C35H48N6O. The van der Waals surface area contributed by atoms with Gasteiger partial charge in [-0.1, -0.05) is 43.0 Å². The summed E-state index contributed by atoms with van der Waals surface area (Å²) in [6, 6.07) is 13.9. The summed E-state index contributed by atoms with van der Waals surface area (Å²) >= 11 is 0. The van der Waals surface area contributed by atoms with Crippen LogP contribution in [0.4, 0.5) is 0 Å². The van der Waals surface area contributed by atoms with Crippen molar-refractivity contribution in [2.24, 2.45) is 0 Å². The Bertz CT molecular complexity index is 1350. The molecule has 3 heterocycles. The number of nitrogens with zero attached hydrogens (tertiary/aromatic N) is 6. The molecular weight excluding hydrogens is 520 g/mol. The highest BCUT2D eigenvalue weighted by molar-refractivity contribution is 5.31. The number of likely N-dealkylation sites (tertiary alicyclic amines) is 1. The van der Waals surface area contributed by atoms with Gasteiger partial charge in [0.1, 0.15) is 11.6 Å². The highest BCUT2D eigenvalue weighted by Gasteiger charge is 2.33. The predicted octanol–water partition coefficient (Wildman–Crippen LogP) is 6.37. The van der Waals surface area contributed by atoms with Crippen LogP contribution in [0.15, 0.2) is 73.6 Å². The van der Waals surface area contributed by atoms with Gasteiger partial charge in [-0.05, 0) is 83.0 Å². The molecule has 0 saturated carbocycles. The maximum atomic E-state index is 5.45. The lowest BCUT2D eigenvalue weighted by molar-refractivity contribution is 0.114. The molecule has 0 bridgehead atoms. The lowest BCUT2D eigenvalue weighted by atomic mass is 9.89. The Morgan fingerprint density at radius 3 is 2.67 bits per heavy atom. The van der Waals surface area contributed by atoms with Gasteiger partial charge >= 0.3 is 0 Å². The van der Waals surface area contributed by atoms with Crippen LogP contribution in [-0.2, 0) is 19.4 Å². The SMILES string of the molecule is C=C/C=C\Cc1nc(CN([C@@H](C)c2ccc(OC)cc2)[C@H]2CCCc3cccnc32)cn1C(C)N1CCC(N(C)C)C1. The number of aryl methyl sites for hydroxylation is 1. The van der Waals surface area contributed by atoms with Gasteiger partial charge in [0.25, 0.3) is 0 Å². The number of rotatable bonds is 12. The molecule has 7 nitrogen and oxygen atoms in total. The summed E-state index contributed by atoms with van der Waals surface area (Å²) in [5.74, 6) is 1.98. The first-order chi connectivity index (χ1) is 20.4. The molecule has 1 aromatic carbocycles. The quantitative estimate of drug-likeness (QED) is 0.237. The fraction of sp³-hybridized carbons (Fsp3) is 0.486. The van der Waals surface area contributed by atoms with E-state index in [1.807, 2.05) is 18.3 Å². The van der Waals surface area contributed by atoms with Crippen LogP contribution in [0.3, 0.4) is 0 Å². The minimum absolute atomic E-state index is 0.181. The standard InChI is InChI=1S/C35H48N6O/c1-7-8-9-15-34-37-30(24-41(34)27(3)39-22-20-31(25-39)38(4)5)23-40(26(2)28-16-18-32(42-6)19-17-28)33-14-10-12-29-13-11-21-36-35(29)33/h7-9,11,13,16-19,21,24,26-27,31,33H,1,10,12,14-15,20,22-23,25H2,2-6H3/b9-8-/t26-,27?,31?,33-/m0/s1. The number of methoxy groups -OCH3 is 1. The van der Waals surface area contributed by atoms with Gasteiger partial charge in [-0.2, -0.15) is 0 Å². The number of fused-ring (bicyclic) bond motifs is 1. The van der Waals surface area contributed by atoms with Gasteiger partial charge in [0, 0.05) is 50.5 Å². The topological polar surface area (TPSA) is 49.7 Å². The van der Waals surface area contributed by atoms with Gasteiger partial charge in [-0.3, -0.25) is 14.8 Å². The van der Waals surface area contributed by atoms with Crippen molar-refractivity contribution in [2.75, 3.05) is 34.3 Å². The van der Waals surface area contributed by atoms with Crippen LogP contribution in [0.1, 0.15) is 79.7 Å². The van der Waals surface area contributed by atoms with Crippen molar-refractivity contribution in [3.63, 3.8) is 0 Å². The van der Waals surface area contributed by atoms with Crippen molar-refractivity contribution in [1.29, 1.82) is 0 Å². The van der Waals surface area contributed by atoms with Crippen LogP contribution in [0.2, 0.25) is 0 Å². The summed E-state index contributed by atoms with van der Waals surface area (Å²) < 4.78 is 7.86. The molecule has 42 heavy (non-hydrogen) atoms. The fourth-order valence-electron chi connectivity index (χ4n) is 6.70. The molecule has 3 aromatic rings. The van der Waals surface area contributed by atoms with Gasteiger partial charge in [-0.25, -0.2) is 4.98 Å². The Balaban J connectivity index is 1.48. The summed E-state index contributed by atoms with van der Waals surface area (Å²) in [7, 11) is 6.10. The molecule has 2 unspecified atom stereocenters. The fourth-order valence-corrected chi connectivity index (χ4v) is 6.70. The highest BCUT2D eigenvalue weighted by atomic mass is 16.5. The number of pyridine rings is 1. The maximum absolute atomic E-state index is 5.45. The monoisotopic (exact) mass is 568 g/mol. The number of hydrogen-bond donors (Lipinski definition) is 0. The number of likely N-dealkylation sites (N-methyl/N-ethyl adjacent to an activating group) is 1. The Morgan fingerprint density at radius 2 is 1.95 bits per heavy atom. The van der Waals surface area contributed by atoms with Crippen molar-refractivity contribution < 1.29 is 4.74 Å². The molecule has 1 saturated heterocycles. The number of ether oxygens (including phenoxy) is 1. The van der Waals surface area contributed by atoms with E-state index in [2.05, 4.69) is 102 Å². The van der Waals surface area contributed by atoms with E-state index in [1.54, 1.807) is 7.11 Å². The molecule has 2 aromatic heterocycles. The number of benzene rings is 1. The zero-order valence-electron chi connectivity index (χ0n) is 26.1. The summed E-state index contributed by atoms with van der Waals surface area (Å²) in [5.41, 5.74) is 4.97. The Hall–Kier alpha value is -3.26. The highest BCUT2D eigenvalue weighted by Crippen LogP contribution is 2.39. The third kappa shape index (κ3) is 6.69. The number of hydrogen-bond acceptors (Lipinski definition) is 6. The van der Waals surface area contributed by atoms with E-state index in [9.17, 15) is 0 Å². The molecule has 0 radical (unpaired) electrons. The lowest BCUT2D eigenvalue weighted by Crippen LogP contribution is -2.34. The van der Waals surface area contributed by atoms with Crippen LogP contribution in [0.5, 0.6) is 5.75 Å². The zero-order valence-corrected chi connectivity index (χ0v) is 26.1. The van der Waals surface area contributed by atoms with Crippen molar-refractivity contribution in [2.45, 2.75) is 76.8 Å².